The van der Waals surface area contributed by atoms with Crippen LogP contribution in [-0.4, -0.2) is 25.3 Å². The molecule has 1 aromatic rings. The number of nitrogens with one attached hydrogen (secondary N) is 1. The number of hydrogen-bond acceptors (Lipinski definition) is 3. The molecule has 1 heterocycles. The molecule has 16 heavy (non-hydrogen) atoms. The van der Waals surface area contributed by atoms with Gasteiger partial charge >= 0.3 is 0 Å². The van der Waals surface area contributed by atoms with E-state index in [-0.39, 0.29) is 0 Å². The van der Waals surface area contributed by atoms with Crippen LogP contribution in [0.15, 0.2) is 12.1 Å². The molecule has 0 amide bonds. The number of hydrogen-bond donors (Lipinski definition) is 2. The molecule has 2 rings (SSSR count). The fourth-order valence-electron chi connectivity index (χ4n) is 2.41. The van der Waals surface area contributed by atoms with Crippen LogP contribution in [0.5, 0.6) is 11.5 Å². The summed E-state index contributed by atoms with van der Waals surface area (Å²) in [6, 6.07) is 4.05. The van der Waals surface area contributed by atoms with Gasteiger partial charge in [-0.3, -0.25) is 0 Å². The Labute approximate surface area is 96.4 Å². The lowest BCUT2D eigenvalue weighted by Crippen LogP contribution is -2.26. The van der Waals surface area contributed by atoms with E-state index in [0.717, 1.165) is 37.1 Å². The van der Waals surface area contributed by atoms with E-state index in [9.17, 15) is 5.11 Å². The van der Waals surface area contributed by atoms with E-state index >= 15 is 0 Å². The number of aryl methyl sites for hydroxylation is 1. The first-order valence-corrected chi connectivity index (χ1v) is 5.81. The summed E-state index contributed by atoms with van der Waals surface area (Å²) < 4.78 is 5.24. The van der Waals surface area contributed by atoms with Gasteiger partial charge < -0.3 is 15.2 Å². The van der Waals surface area contributed by atoms with Gasteiger partial charge in [0, 0.05) is 5.56 Å². The third-order valence-electron chi connectivity index (χ3n) is 3.34. The molecule has 2 N–H and O–H groups in total. The van der Waals surface area contributed by atoms with Gasteiger partial charge in [0.2, 0.25) is 0 Å². The van der Waals surface area contributed by atoms with Gasteiger partial charge in [-0.2, -0.15) is 0 Å². The third-order valence-corrected chi connectivity index (χ3v) is 3.34. The molecule has 0 radical (unpaired) electrons. The van der Waals surface area contributed by atoms with Crippen molar-refractivity contribution in [2.45, 2.75) is 25.7 Å². The highest BCUT2D eigenvalue weighted by atomic mass is 16.5. The van der Waals surface area contributed by atoms with Gasteiger partial charge in [-0.15, -0.1) is 0 Å². The van der Waals surface area contributed by atoms with E-state index in [4.69, 9.17) is 4.74 Å². The minimum Gasteiger partial charge on any atom is -0.504 e. The van der Waals surface area contributed by atoms with Crippen molar-refractivity contribution in [1.29, 1.82) is 0 Å². The second-order valence-corrected chi connectivity index (χ2v) is 4.38. The fourth-order valence-corrected chi connectivity index (χ4v) is 2.41. The van der Waals surface area contributed by atoms with Crippen molar-refractivity contribution >= 4 is 0 Å². The quantitative estimate of drug-likeness (QED) is 0.804. The summed E-state index contributed by atoms with van der Waals surface area (Å²) in [5.41, 5.74) is 2.02. The number of ether oxygens (including phenoxy) is 1. The minimum atomic E-state index is 0.328. The van der Waals surface area contributed by atoms with Crippen LogP contribution in [0.2, 0.25) is 0 Å². The maximum absolute atomic E-state index is 10.2. The smallest absolute Gasteiger partial charge is 0.163 e. The van der Waals surface area contributed by atoms with Crippen LogP contribution in [0.3, 0.4) is 0 Å². The normalized spacial score (nSPS) is 17.4. The lowest BCUT2D eigenvalue weighted by molar-refractivity contribution is 0.360. The SMILES string of the molecule is COc1c(C)ccc(C2CCNCC2)c1O. The number of piperidine rings is 1. The zero-order valence-corrected chi connectivity index (χ0v) is 9.92. The average Bonchev–Trinajstić information content (AvgIpc) is 2.31. The summed E-state index contributed by atoms with van der Waals surface area (Å²) in [5.74, 6) is 1.40. The van der Waals surface area contributed by atoms with Crippen LogP contribution >= 0.6 is 0 Å². The minimum absolute atomic E-state index is 0.328. The third kappa shape index (κ3) is 2.00. The van der Waals surface area contributed by atoms with Crippen LogP contribution in [0, 0.1) is 6.92 Å². The van der Waals surface area contributed by atoms with Crippen molar-refractivity contribution in [2.24, 2.45) is 0 Å². The molecule has 1 fully saturated rings. The first-order valence-electron chi connectivity index (χ1n) is 5.81. The molecule has 88 valence electrons. The summed E-state index contributed by atoms with van der Waals surface area (Å²) in [7, 11) is 1.61. The summed E-state index contributed by atoms with van der Waals surface area (Å²) in [6.07, 6.45) is 2.17. The Kier molecular flexibility index (Phi) is 3.34. The van der Waals surface area contributed by atoms with Gasteiger partial charge in [0.25, 0.3) is 0 Å². The molecular formula is C13H19NO2. The topological polar surface area (TPSA) is 41.5 Å². The predicted octanol–water partition coefficient (Wildman–Crippen LogP) is 2.18. The Balaban J connectivity index is 2.33. The van der Waals surface area contributed by atoms with Crippen LogP contribution in [0.4, 0.5) is 0 Å². The van der Waals surface area contributed by atoms with Crippen molar-refractivity contribution in [3.8, 4) is 11.5 Å². The summed E-state index contributed by atoms with van der Waals surface area (Å²) >= 11 is 0. The zero-order valence-electron chi connectivity index (χ0n) is 9.92. The number of benzene rings is 1. The molecule has 0 spiro atoms. The number of methoxy groups -OCH3 is 1. The highest BCUT2D eigenvalue weighted by Gasteiger charge is 2.21. The van der Waals surface area contributed by atoms with E-state index < -0.39 is 0 Å². The summed E-state index contributed by atoms with van der Waals surface area (Å²) in [5, 5.41) is 13.5. The Morgan fingerprint density at radius 2 is 2.00 bits per heavy atom. The molecular weight excluding hydrogens is 202 g/mol. The highest BCUT2D eigenvalue weighted by Crippen LogP contribution is 2.39. The van der Waals surface area contributed by atoms with Gasteiger partial charge in [0.05, 0.1) is 7.11 Å². The molecule has 1 aliphatic rings. The molecule has 0 bridgehead atoms. The van der Waals surface area contributed by atoms with Crippen LogP contribution in [0.25, 0.3) is 0 Å². The zero-order chi connectivity index (χ0) is 11.5. The number of aromatic hydroxyl groups is 1. The first-order chi connectivity index (χ1) is 7.74. The van der Waals surface area contributed by atoms with Crippen LogP contribution < -0.4 is 10.1 Å². The monoisotopic (exact) mass is 221 g/mol. The lowest BCUT2D eigenvalue weighted by atomic mass is 9.89. The van der Waals surface area contributed by atoms with Crippen molar-refractivity contribution in [2.75, 3.05) is 20.2 Å². The van der Waals surface area contributed by atoms with Crippen molar-refractivity contribution < 1.29 is 9.84 Å². The van der Waals surface area contributed by atoms with Crippen molar-refractivity contribution in [1.82, 2.24) is 5.32 Å². The highest BCUT2D eigenvalue weighted by molar-refractivity contribution is 5.51. The van der Waals surface area contributed by atoms with E-state index in [0.29, 0.717) is 17.4 Å². The Morgan fingerprint density at radius 3 is 2.62 bits per heavy atom. The summed E-state index contributed by atoms with van der Waals surface area (Å²) in [4.78, 5) is 0. The standard InChI is InChI=1S/C13H19NO2/c1-9-3-4-11(12(15)13(9)16-2)10-5-7-14-8-6-10/h3-4,10,14-15H,5-8H2,1-2H3. The molecule has 0 aliphatic carbocycles. The van der Waals surface area contributed by atoms with Gasteiger partial charge in [-0.25, -0.2) is 0 Å². The Hall–Kier alpha value is -1.22. The van der Waals surface area contributed by atoms with Crippen molar-refractivity contribution in [3.05, 3.63) is 23.3 Å². The van der Waals surface area contributed by atoms with Gasteiger partial charge in [-0.05, 0) is 44.3 Å². The Morgan fingerprint density at radius 1 is 1.31 bits per heavy atom. The maximum Gasteiger partial charge on any atom is 0.163 e. The molecule has 3 nitrogen and oxygen atoms in total. The molecule has 1 saturated heterocycles. The molecule has 0 aromatic heterocycles. The molecule has 0 atom stereocenters. The van der Waals surface area contributed by atoms with Gasteiger partial charge in [0.15, 0.2) is 11.5 Å². The van der Waals surface area contributed by atoms with Gasteiger partial charge in [-0.1, -0.05) is 12.1 Å². The van der Waals surface area contributed by atoms with Crippen LogP contribution in [0.1, 0.15) is 29.9 Å². The number of rotatable bonds is 2. The first kappa shape index (κ1) is 11.3. The Bertz CT molecular complexity index is 370. The number of phenols is 1. The fraction of sp³-hybridized carbons (Fsp3) is 0.538. The van der Waals surface area contributed by atoms with E-state index in [1.165, 1.54) is 0 Å². The predicted molar refractivity (Wildman–Crippen MR) is 64.2 cm³/mol. The van der Waals surface area contributed by atoms with E-state index in [2.05, 4.69) is 5.32 Å². The van der Waals surface area contributed by atoms with Gasteiger partial charge in [0.1, 0.15) is 0 Å². The molecule has 3 heteroatoms. The second kappa shape index (κ2) is 4.74. The lowest BCUT2D eigenvalue weighted by Gasteiger charge is -2.24. The van der Waals surface area contributed by atoms with Crippen molar-refractivity contribution in [3.63, 3.8) is 0 Å². The molecule has 1 aliphatic heterocycles. The second-order valence-electron chi connectivity index (χ2n) is 4.38. The largest absolute Gasteiger partial charge is 0.504 e. The van der Waals surface area contributed by atoms with Crippen LogP contribution in [-0.2, 0) is 0 Å². The molecule has 1 aromatic carbocycles. The van der Waals surface area contributed by atoms with E-state index in [1.54, 1.807) is 7.11 Å². The van der Waals surface area contributed by atoms with E-state index in [1.807, 2.05) is 19.1 Å². The molecule has 0 saturated carbocycles. The summed E-state index contributed by atoms with van der Waals surface area (Å²) in [6.45, 7) is 4.01. The number of phenolic OH excluding ortho intramolecular Hbond substituents is 1. The maximum atomic E-state index is 10.2. The average molecular weight is 221 g/mol. The molecule has 0 unspecified atom stereocenters.